The van der Waals surface area contributed by atoms with Crippen LogP contribution < -0.4 is 14.8 Å². The first-order valence-electron chi connectivity index (χ1n) is 8.56. The van der Waals surface area contributed by atoms with Gasteiger partial charge in [0.15, 0.2) is 11.5 Å². The fourth-order valence-corrected chi connectivity index (χ4v) is 3.06. The summed E-state index contributed by atoms with van der Waals surface area (Å²) in [6, 6.07) is 11.4. The topological polar surface area (TPSA) is 111 Å². The summed E-state index contributed by atoms with van der Waals surface area (Å²) in [4.78, 5) is 0. The first-order valence-corrected chi connectivity index (χ1v) is 10.2. The van der Waals surface area contributed by atoms with Gasteiger partial charge in [0.1, 0.15) is 11.6 Å². The summed E-state index contributed by atoms with van der Waals surface area (Å²) in [6.45, 7) is 2.45. The van der Waals surface area contributed by atoms with Gasteiger partial charge < -0.3 is 10.1 Å². The van der Waals surface area contributed by atoms with Crippen molar-refractivity contribution in [3.05, 3.63) is 47.8 Å². The average molecular weight is 390 g/mol. The second-order valence-corrected chi connectivity index (χ2v) is 7.95. The molecule has 0 aliphatic heterocycles. The van der Waals surface area contributed by atoms with Gasteiger partial charge in [-0.25, -0.2) is 13.1 Å². The van der Waals surface area contributed by atoms with E-state index in [4.69, 9.17) is 4.74 Å². The third-order valence-electron chi connectivity index (χ3n) is 4.01. The van der Waals surface area contributed by atoms with E-state index in [1.165, 1.54) is 0 Å². The molecule has 0 unspecified atom stereocenters. The molecule has 1 aromatic carbocycles. The van der Waals surface area contributed by atoms with Gasteiger partial charge in [0, 0.05) is 19.5 Å². The first kappa shape index (κ1) is 19.1. The normalized spacial score (nSPS) is 11.6. The smallest absolute Gasteiger partial charge is 0.211 e. The van der Waals surface area contributed by atoms with Crippen molar-refractivity contribution in [1.29, 1.82) is 0 Å². The Hall–Kier alpha value is -2.72. The molecule has 0 saturated carbocycles. The van der Waals surface area contributed by atoms with Crippen LogP contribution >= 0.6 is 0 Å². The summed E-state index contributed by atoms with van der Waals surface area (Å²) in [5.74, 6) is 2.13. The standard InChI is InChI=1S/C17H22N6O3S/c1-3-27(24,25)19-11-10-17-21-20-16-9-8-15(22-23(16)17)18-12-13-4-6-14(26-2)7-5-13/h4-9,19H,3,10-12H2,1-2H3,(H,18,22). The molecule has 3 rings (SSSR count). The highest BCUT2D eigenvalue weighted by Gasteiger charge is 2.10. The monoisotopic (exact) mass is 390 g/mol. The van der Waals surface area contributed by atoms with E-state index in [2.05, 4.69) is 25.3 Å². The van der Waals surface area contributed by atoms with Gasteiger partial charge in [0.25, 0.3) is 0 Å². The van der Waals surface area contributed by atoms with E-state index >= 15 is 0 Å². The van der Waals surface area contributed by atoms with Crippen LogP contribution in [0.25, 0.3) is 5.65 Å². The zero-order chi connectivity index (χ0) is 19.3. The van der Waals surface area contributed by atoms with Gasteiger partial charge in [-0.2, -0.15) is 4.52 Å². The van der Waals surface area contributed by atoms with Crippen LogP contribution in [0.5, 0.6) is 5.75 Å². The Morgan fingerprint density at radius 1 is 1.11 bits per heavy atom. The van der Waals surface area contributed by atoms with E-state index in [0.29, 0.717) is 30.3 Å². The molecule has 27 heavy (non-hydrogen) atoms. The zero-order valence-electron chi connectivity index (χ0n) is 15.2. The molecule has 0 radical (unpaired) electrons. The average Bonchev–Trinajstić information content (AvgIpc) is 3.09. The summed E-state index contributed by atoms with van der Waals surface area (Å²) >= 11 is 0. The lowest BCUT2D eigenvalue weighted by atomic mass is 10.2. The molecule has 0 fully saturated rings. The quantitative estimate of drug-likeness (QED) is 0.565. The Morgan fingerprint density at radius 2 is 1.89 bits per heavy atom. The number of nitrogens with one attached hydrogen (secondary N) is 2. The van der Waals surface area contributed by atoms with Crippen LogP contribution in [0.2, 0.25) is 0 Å². The molecule has 9 nitrogen and oxygen atoms in total. The number of methoxy groups -OCH3 is 1. The Morgan fingerprint density at radius 3 is 2.59 bits per heavy atom. The maximum atomic E-state index is 11.5. The van der Waals surface area contributed by atoms with Crippen LogP contribution in [0.3, 0.4) is 0 Å². The van der Waals surface area contributed by atoms with Gasteiger partial charge in [-0.1, -0.05) is 12.1 Å². The lowest BCUT2D eigenvalue weighted by Gasteiger charge is -2.07. The van der Waals surface area contributed by atoms with Crippen LogP contribution in [-0.4, -0.2) is 47.6 Å². The number of aromatic nitrogens is 4. The minimum atomic E-state index is -3.23. The Labute approximate surface area is 157 Å². The van der Waals surface area contributed by atoms with E-state index in [0.717, 1.165) is 11.3 Å². The van der Waals surface area contributed by atoms with Gasteiger partial charge in [0.05, 0.1) is 12.9 Å². The number of nitrogens with zero attached hydrogens (tertiary/aromatic N) is 4. The molecule has 0 aliphatic rings. The van der Waals surface area contributed by atoms with E-state index in [1.807, 2.05) is 36.4 Å². The van der Waals surface area contributed by atoms with Crippen molar-refractivity contribution in [2.24, 2.45) is 0 Å². The van der Waals surface area contributed by atoms with Crippen molar-refractivity contribution in [2.75, 3.05) is 24.7 Å². The van der Waals surface area contributed by atoms with E-state index in [1.54, 1.807) is 18.5 Å². The summed E-state index contributed by atoms with van der Waals surface area (Å²) in [6.07, 6.45) is 0.398. The number of ether oxygens (including phenoxy) is 1. The number of hydrogen-bond acceptors (Lipinski definition) is 7. The SMILES string of the molecule is CCS(=O)(=O)NCCc1nnc2ccc(NCc3ccc(OC)cc3)nn12. The molecule has 0 spiro atoms. The highest BCUT2D eigenvalue weighted by Crippen LogP contribution is 2.13. The Balaban J connectivity index is 1.66. The van der Waals surface area contributed by atoms with E-state index in [-0.39, 0.29) is 12.3 Å². The van der Waals surface area contributed by atoms with Gasteiger partial charge >= 0.3 is 0 Å². The van der Waals surface area contributed by atoms with Crippen LogP contribution in [0, 0.1) is 0 Å². The van der Waals surface area contributed by atoms with Gasteiger partial charge in [-0.05, 0) is 36.8 Å². The molecule has 0 saturated heterocycles. The Bertz CT molecular complexity index is 1000. The molecule has 0 aliphatic carbocycles. The highest BCUT2D eigenvalue weighted by molar-refractivity contribution is 7.89. The van der Waals surface area contributed by atoms with E-state index < -0.39 is 10.0 Å². The molecular weight excluding hydrogens is 368 g/mol. The highest BCUT2D eigenvalue weighted by atomic mass is 32.2. The van der Waals surface area contributed by atoms with Crippen molar-refractivity contribution < 1.29 is 13.2 Å². The van der Waals surface area contributed by atoms with Crippen LogP contribution in [0.15, 0.2) is 36.4 Å². The third kappa shape index (κ3) is 4.92. The fraction of sp³-hybridized carbons (Fsp3) is 0.353. The van der Waals surface area contributed by atoms with Gasteiger partial charge in [0.2, 0.25) is 10.0 Å². The molecular formula is C17H22N6O3S. The molecule has 0 amide bonds. The zero-order valence-corrected chi connectivity index (χ0v) is 16.0. The number of anilines is 1. The minimum Gasteiger partial charge on any atom is -0.497 e. The maximum absolute atomic E-state index is 11.5. The molecule has 0 atom stereocenters. The number of hydrogen-bond donors (Lipinski definition) is 2. The molecule has 2 N–H and O–H groups in total. The minimum absolute atomic E-state index is 0.0469. The van der Waals surface area contributed by atoms with Gasteiger partial charge in [-0.3, -0.25) is 0 Å². The van der Waals surface area contributed by atoms with Crippen LogP contribution in [-0.2, 0) is 23.0 Å². The largest absolute Gasteiger partial charge is 0.497 e. The maximum Gasteiger partial charge on any atom is 0.211 e. The Kier molecular flexibility index (Phi) is 5.87. The molecule has 10 heteroatoms. The van der Waals surface area contributed by atoms with E-state index in [9.17, 15) is 8.42 Å². The second-order valence-electron chi connectivity index (χ2n) is 5.85. The lowest BCUT2D eigenvalue weighted by molar-refractivity contribution is 0.414. The number of fused-ring (bicyclic) bond motifs is 1. The molecule has 3 aromatic rings. The summed E-state index contributed by atoms with van der Waals surface area (Å²) in [5, 5.41) is 15.9. The van der Waals surface area contributed by atoms with Crippen molar-refractivity contribution in [3.63, 3.8) is 0 Å². The molecule has 2 heterocycles. The summed E-state index contributed by atoms with van der Waals surface area (Å²) in [7, 11) is -1.59. The third-order valence-corrected chi connectivity index (χ3v) is 5.41. The molecule has 144 valence electrons. The summed E-state index contributed by atoms with van der Waals surface area (Å²) < 4.78 is 32.3. The van der Waals surface area contributed by atoms with Crippen LogP contribution in [0.1, 0.15) is 18.3 Å². The molecule has 0 bridgehead atoms. The predicted molar refractivity (Wildman–Crippen MR) is 102 cm³/mol. The lowest BCUT2D eigenvalue weighted by Crippen LogP contribution is -2.27. The predicted octanol–water partition coefficient (Wildman–Crippen LogP) is 1.23. The summed E-state index contributed by atoms with van der Waals surface area (Å²) in [5.41, 5.74) is 1.70. The number of sulfonamides is 1. The van der Waals surface area contributed by atoms with Crippen LogP contribution in [0.4, 0.5) is 5.82 Å². The second kappa shape index (κ2) is 8.31. The van der Waals surface area contributed by atoms with Crippen molar-refractivity contribution in [3.8, 4) is 5.75 Å². The van der Waals surface area contributed by atoms with Crippen molar-refractivity contribution >= 4 is 21.5 Å². The molecule has 2 aromatic heterocycles. The van der Waals surface area contributed by atoms with Crippen molar-refractivity contribution in [1.82, 2.24) is 24.5 Å². The number of rotatable bonds is 9. The van der Waals surface area contributed by atoms with Crippen molar-refractivity contribution in [2.45, 2.75) is 19.9 Å². The fourth-order valence-electron chi connectivity index (χ4n) is 2.44. The first-order chi connectivity index (χ1) is 13.0. The van der Waals surface area contributed by atoms with Gasteiger partial charge in [-0.15, -0.1) is 15.3 Å². The number of benzene rings is 1.